The molecule has 1 heterocycles. The second kappa shape index (κ2) is 5.77. The van der Waals surface area contributed by atoms with Crippen LogP contribution in [0.2, 0.25) is 0 Å². The van der Waals surface area contributed by atoms with Crippen LogP contribution in [0.4, 0.5) is 0 Å². The number of carboxylic acid groups (broad SMARTS) is 1. The van der Waals surface area contributed by atoms with Crippen molar-refractivity contribution >= 4 is 22.8 Å². The number of rotatable bonds is 5. The molecule has 0 fully saturated rings. The van der Waals surface area contributed by atoms with E-state index < -0.39 is 5.97 Å². The van der Waals surface area contributed by atoms with Gasteiger partial charge in [-0.3, -0.25) is 9.59 Å². The minimum Gasteiger partial charge on any atom is -0.481 e. The lowest BCUT2D eigenvalue weighted by atomic mass is 10.2. The Morgan fingerprint density at radius 2 is 2.05 bits per heavy atom. The number of nitrogens with one attached hydrogen (secondary N) is 1. The fourth-order valence-electron chi connectivity index (χ4n) is 2.13. The minimum absolute atomic E-state index is 0.0729. The van der Waals surface area contributed by atoms with Crippen molar-refractivity contribution in [1.82, 2.24) is 9.88 Å². The van der Waals surface area contributed by atoms with Gasteiger partial charge in [-0.2, -0.15) is 0 Å². The Kier molecular flexibility index (Phi) is 4.08. The van der Waals surface area contributed by atoms with E-state index in [2.05, 4.69) is 4.98 Å². The number of carbonyl (C=O) groups excluding carboxylic acids is 1. The first-order valence-corrected chi connectivity index (χ1v) is 6.54. The average molecular weight is 274 g/mol. The highest BCUT2D eigenvalue weighted by Gasteiger charge is 2.14. The zero-order valence-corrected chi connectivity index (χ0v) is 11.6. The summed E-state index contributed by atoms with van der Waals surface area (Å²) in [5.41, 5.74) is 2.60. The maximum atomic E-state index is 12.2. The third-order valence-corrected chi connectivity index (χ3v) is 3.24. The molecule has 2 rings (SSSR count). The molecule has 106 valence electrons. The van der Waals surface area contributed by atoms with Crippen LogP contribution in [-0.2, 0) is 4.79 Å². The predicted octanol–water partition coefficient (Wildman–Crippen LogP) is 2.41. The normalized spacial score (nSPS) is 10.7. The molecule has 0 saturated carbocycles. The monoisotopic (exact) mass is 274 g/mol. The summed E-state index contributed by atoms with van der Waals surface area (Å²) in [6.45, 7) is 2.43. The van der Waals surface area contributed by atoms with Gasteiger partial charge in [0.15, 0.2) is 0 Å². The van der Waals surface area contributed by atoms with Crippen molar-refractivity contribution in [3.63, 3.8) is 0 Å². The Labute approximate surface area is 117 Å². The van der Waals surface area contributed by atoms with Crippen LogP contribution in [0.3, 0.4) is 0 Å². The van der Waals surface area contributed by atoms with Gasteiger partial charge in [0, 0.05) is 30.9 Å². The lowest BCUT2D eigenvalue weighted by Crippen LogP contribution is -2.28. The quantitative estimate of drug-likeness (QED) is 0.879. The molecule has 0 saturated heterocycles. The van der Waals surface area contributed by atoms with Gasteiger partial charge < -0.3 is 15.0 Å². The average Bonchev–Trinajstić information content (AvgIpc) is 2.80. The number of aromatic amines is 1. The SMILES string of the molecule is Cc1ccc2cc(C(=O)N(C)CCCC(=O)O)[nH]c2c1. The second-order valence-electron chi connectivity index (χ2n) is 5.00. The fraction of sp³-hybridized carbons (Fsp3) is 0.333. The molecule has 0 aliphatic heterocycles. The van der Waals surface area contributed by atoms with Crippen LogP contribution >= 0.6 is 0 Å². The van der Waals surface area contributed by atoms with Gasteiger partial charge in [0.1, 0.15) is 5.69 Å². The van der Waals surface area contributed by atoms with Gasteiger partial charge in [0.25, 0.3) is 5.91 Å². The van der Waals surface area contributed by atoms with Crippen molar-refractivity contribution in [1.29, 1.82) is 0 Å². The lowest BCUT2D eigenvalue weighted by Gasteiger charge is -2.15. The number of hydrogen-bond acceptors (Lipinski definition) is 2. The van der Waals surface area contributed by atoms with Crippen LogP contribution in [0.15, 0.2) is 24.3 Å². The highest BCUT2D eigenvalue weighted by atomic mass is 16.4. The lowest BCUT2D eigenvalue weighted by molar-refractivity contribution is -0.137. The van der Waals surface area contributed by atoms with E-state index in [1.165, 1.54) is 0 Å². The molecule has 0 spiro atoms. The van der Waals surface area contributed by atoms with E-state index in [-0.39, 0.29) is 12.3 Å². The zero-order valence-electron chi connectivity index (χ0n) is 11.6. The van der Waals surface area contributed by atoms with Gasteiger partial charge in [0.2, 0.25) is 0 Å². The number of hydrogen-bond donors (Lipinski definition) is 2. The Bertz CT molecular complexity index is 646. The molecule has 1 aromatic carbocycles. The van der Waals surface area contributed by atoms with Crippen molar-refractivity contribution < 1.29 is 14.7 Å². The topological polar surface area (TPSA) is 73.4 Å². The van der Waals surface area contributed by atoms with Crippen LogP contribution in [0.25, 0.3) is 10.9 Å². The second-order valence-corrected chi connectivity index (χ2v) is 5.00. The molecule has 5 nitrogen and oxygen atoms in total. The number of benzene rings is 1. The molecule has 5 heteroatoms. The van der Waals surface area contributed by atoms with Crippen molar-refractivity contribution in [3.8, 4) is 0 Å². The minimum atomic E-state index is -0.841. The van der Waals surface area contributed by atoms with Crippen LogP contribution < -0.4 is 0 Å². The first-order chi connectivity index (χ1) is 9.47. The summed E-state index contributed by atoms with van der Waals surface area (Å²) in [7, 11) is 1.68. The van der Waals surface area contributed by atoms with E-state index in [4.69, 9.17) is 5.11 Å². The first kappa shape index (κ1) is 14.1. The number of carbonyl (C=O) groups is 2. The van der Waals surface area contributed by atoms with Crippen molar-refractivity contribution in [2.75, 3.05) is 13.6 Å². The Morgan fingerprint density at radius 1 is 1.30 bits per heavy atom. The van der Waals surface area contributed by atoms with Gasteiger partial charge in [-0.1, -0.05) is 12.1 Å². The van der Waals surface area contributed by atoms with Crippen LogP contribution in [0.1, 0.15) is 28.9 Å². The molecule has 0 unspecified atom stereocenters. The third kappa shape index (κ3) is 3.17. The van der Waals surface area contributed by atoms with E-state index in [1.54, 1.807) is 11.9 Å². The summed E-state index contributed by atoms with van der Waals surface area (Å²) in [6.07, 6.45) is 0.528. The van der Waals surface area contributed by atoms with E-state index in [9.17, 15) is 9.59 Å². The number of aryl methyl sites for hydroxylation is 1. The number of nitrogens with zero attached hydrogens (tertiary/aromatic N) is 1. The summed E-state index contributed by atoms with van der Waals surface area (Å²) in [6, 6.07) is 7.80. The van der Waals surface area contributed by atoms with Crippen LogP contribution in [-0.4, -0.2) is 40.5 Å². The van der Waals surface area contributed by atoms with Crippen LogP contribution in [0, 0.1) is 6.92 Å². The largest absolute Gasteiger partial charge is 0.481 e. The smallest absolute Gasteiger partial charge is 0.303 e. The Hall–Kier alpha value is -2.30. The first-order valence-electron chi connectivity index (χ1n) is 6.54. The molecule has 1 amide bonds. The molecule has 0 radical (unpaired) electrons. The number of carboxylic acids is 1. The number of H-pyrrole nitrogens is 1. The molecule has 1 aromatic heterocycles. The van der Waals surface area contributed by atoms with E-state index in [0.717, 1.165) is 16.5 Å². The molecule has 2 N–H and O–H groups in total. The molecular weight excluding hydrogens is 256 g/mol. The van der Waals surface area contributed by atoms with Gasteiger partial charge in [0.05, 0.1) is 0 Å². The van der Waals surface area contributed by atoms with Gasteiger partial charge >= 0.3 is 5.97 Å². The van der Waals surface area contributed by atoms with Crippen molar-refractivity contribution in [2.24, 2.45) is 0 Å². The fourth-order valence-corrected chi connectivity index (χ4v) is 2.13. The summed E-state index contributed by atoms with van der Waals surface area (Å²) in [5, 5.41) is 9.59. The summed E-state index contributed by atoms with van der Waals surface area (Å²) < 4.78 is 0. The highest BCUT2D eigenvalue weighted by Crippen LogP contribution is 2.17. The van der Waals surface area contributed by atoms with E-state index in [1.807, 2.05) is 31.2 Å². The number of aliphatic carboxylic acids is 1. The van der Waals surface area contributed by atoms with Gasteiger partial charge in [-0.05, 0) is 31.0 Å². The summed E-state index contributed by atoms with van der Waals surface area (Å²) >= 11 is 0. The number of amides is 1. The summed E-state index contributed by atoms with van der Waals surface area (Å²) in [5.74, 6) is -0.962. The van der Waals surface area contributed by atoms with Crippen LogP contribution in [0.5, 0.6) is 0 Å². The van der Waals surface area contributed by atoms with E-state index >= 15 is 0 Å². The maximum Gasteiger partial charge on any atom is 0.303 e. The molecule has 0 aliphatic carbocycles. The van der Waals surface area contributed by atoms with Crippen molar-refractivity contribution in [3.05, 3.63) is 35.5 Å². The predicted molar refractivity (Wildman–Crippen MR) is 76.9 cm³/mol. The zero-order chi connectivity index (χ0) is 14.7. The molecular formula is C15H18N2O3. The third-order valence-electron chi connectivity index (χ3n) is 3.24. The molecule has 0 atom stereocenters. The highest BCUT2D eigenvalue weighted by molar-refractivity contribution is 5.98. The molecule has 2 aromatic rings. The van der Waals surface area contributed by atoms with Gasteiger partial charge in [-0.25, -0.2) is 0 Å². The summed E-state index contributed by atoms with van der Waals surface area (Å²) in [4.78, 5) is 27.3. The number of fused-ring (bicyclic) bond motifs is 1. The standard InChI is InChI=1S/C15H18N2O3/c1-10-5-6-11-9-13(16-12(11)8-10)15(20)17(2)7-3-4-14(18)19/h5-6,8-9,16H,3-4,7H2,1-2H3,(H,18,19). The molecule has 20 heavy (non-hydrogen) atoms. The van der Waals surface area contributed by atoms with E-state index in [0.29, 0.717) is 18.7 Å². The molecule has 0 bridgehead atoms. The Balaban J connectivity index is 2.08. The molecule has 0 aliphatic rings. The van der Waals surface area contributed by atoms with Gasteiger partial charge in [-0.15, -0.1) is 0 Å². The Morgan fingerprint density at radius 3 is 2.75 bits per heavy atom. The van der Waals surface area contributed by atoms with Crippen molar-refractivity contribution in [2.45, 2.75) is 19.8 Å². The maximum absolute atomic E-state index is 12.2. The number of aromatic nitrogens is 1.